The summed E-state index contributed by atoms with van der Waals surface area (Å²) in [6.07, 6.45) is 1.58. The third kappa shape index (κ3) is 3.17. The average molecular weight is 337 g/mol. The first-order valence-electron chi connectivity index (χ1n) is 6.51. The maximum atomic E-state index is 12.3. The zero-order valence-electron chi connectivity index (χ0n) is 11.6. The average Bonchev–Trinajstić information content (AvgIpc) is 2.47. The predicted octanol–water partition coefficient (Wildman–Crippen LogP) is 1.90. The monoisotopic (exact) mass is 336 g/mol. The van der Waals surface area contributed by atoms with Crippen LogP contribution in [0.4, 0.5) is 0 Å². The van der Waals surface area contributed by atoms with Crippen molar-refractivity contribution in [3.05, 3.63) is 28.5 Å². The molecule has 0 unspecified atom stereocenters. The number of rotatable bonds is 2. The molecule has 1 fully saturated rings. The van der Waals surface area contributed by atoms with Crippen LogP contribution in [0.15, 0.2) is 22.9 Å². The second-order valence-electron chi connectivity index (χ2n) is 5.32. The van der Waals surface area contributed by atoms with Crippen LogP contribution in [-0.2, 0) is 0 Å². The highest BCUT2D eigenvalue weighted by atomic mass is 79.9. The standard InChI is InChI=1S/C14H17BrN4O/c1-14(2,10-16)19-7-5-18(6-8-19)13(20)11-3-4-12(15)17-9-11/h3-4,9H,5-8H2,1-2H3. The van der Waals surface area contributed by atoms with Gasteiger partial charge in [-0.2, -0.15) is 5.26 Å². The number of carbonyl (C=O) groups excluding carboxylic acids is 1. The highest BCUT2D eigenvalue weighted by molar-refractivity contribution is 9.10. The van der Waals surface area contributed by atoms with Crippen molar-refractivity contribution in [2.24, 2.45) is 0 Å². The molecule has 1 aliphatic heterocycles. The first kappa shape index (κ1) is 14.9. The van der Waals surface area contributed by atoms with Gasteiger partial charge in [0.1, 0.15) is 10.1 Å². The third-order valence-electron chi connectivity index (χ3n) is 3.61. The SMILES string of the molecule is CC(C)(C#N)N1CCN(C(=O)c2ccc(Br)nc2)CC1. The minimum Gasteiger partial charge on any atom is -0.336 e. The summed E-state index contributed by atoms with van der Waals surface area (Å²) in [6.45, 7) is 6.53. The second kappa shape index (κ2) is 5.90. The van der Waals surface area contributed by atoms with E-state index in [1.807, 2.05) is 18.7 Å². The zero-order chi connectivity index (χ0) is 14.8. The molecule has 0 spiro atoms. The van der Waals surface area contributed by atoms with Gasteiger partial charge in [0.2, 0.25) is 0 Å². The fraction of sp³-hybridized carbons (Fsp3) is 0.500. The molecule has 6 heteroatoms. The molecule has 0 atom stereocenters. The Morgan fingerprint density at radius 2 is 2.00 bits per heavy atom. The molecule has 0 bridgehead atoms. The Bertz CT molecular complexity index is 527. The van der Waals surface area contributed by atoms with E-state index in [-0.39, 0.29) is 5.91 Å². The van der Waals surface area contributed by atoms with Gasteiger partial charge in [0, 0.05) is 32.4 Å². The van der Waals surface area contributed by atoms with Crippen molar-refractivity contribution in [3.63, 3.8) is 0 Å². The predicted molar refractivity (Wildman–Crippen MR) is 79.1 cm³/mol. The molecule has 0 saturated carbocycles. The Morgan fingerprint density at radius 3 is 2.50 bits per heavy atom. The van der Waals surface area contributed by atoms with E-state index >= 15 is 0 Å². The number of piperazine rings is 1. The molecule has 5 nitrogen and oxygen atoms in total. The Kier molecular flexibility index (Phi) is 4.41. The molecule has 0 aliphatic carbocycles. The van der Waals surface area contributed by atoms with Gasteiger partial charge in [-0.15, -0.1) is 0 Å². The highest BCUT2D eigenvalue weighted by Crippen LogP contribution is 2.17. The van der Waals surface area contributed by atoms with Crippen LogP contribution in [0.1, 0.15) is 24.2 Å². The van der Waals surface area contributed by atoms with E-state index in [2.05, 4.69) is 31.9 Å². The van der Waals surface area contributed by atoms with Crippen LogP contribution in [-0.4, -0.2) is 52.4 Å². The van der Waals surface area contributed by atoms with Gasteiger partial charge < -0.3 is 4.90 Å². The fourth-order valence-corrected chi connectivity index (χ4v) is 2.46. The van der Waals surface area contributed by atoms with Crippen LogP contribution in [0.3, 0.4) is 0 Å². The van der Waals surface area contributed by atoms with Crippen LogP contribution in [0.25, 0.3) is 0 Å². The molecular formula is C14H17BrN4O. The fourth-order valence-electron chi connectivity index (χ4n) is 2.22. The summed E-state index contributed by atoms with van der Waals surface area (Å²) in [4.78, 5) is 20.3. The summed E-state index contributed by atoms with van der Waals surface area (Å²) in [6, 6.07) is 5.84. The topological polar surface area (TPSA) is 60.2 Å². The molecule has 0 N–H and O–H groups in total. The molecule has 1 saturated heterocycles. The maximum absolute atomic E-state index is 12.3. The van der Waals surface area contributed by atoms with Crippen LogP contribution in [0.2, 0.25) is 0 Å². The lowest BCUT2D eigenvalue weighted by atomic mass is 10.0. The number of hydrogen-bond acceptors (Lipinski definition) is 4. The first-order valence-corrected chi connectivity index (χ1v) is 7.30. The van der Waals surface area contributed by atoms with Crippen molar-refractivity contribution in [2.75, 3.05) is 26.2 Å². The lowest BCUT2D eigenvalue weighted by Crippen LogP contribution is -2.55. The van der Waals surface area contributed by atoms with Gasteiger partial charge in [-0.05, 0) is 41.9 Å². The summed E-state index contributed by atoms with van der Waals surface area (Å²) in [5, 5.41) is 9.14. The largest absolute Gasteiger partial charge is 0.336 e. The first-order chi connectivity index (χ1) is 9.44. The number of halogens is 1. The number of pyridine rings is 1. The van der Waals surface area contributed by atoms with E-state index in [9.17, 15) is 4.79 Å². The van der Waals surface area contributed by atoms with Crippen molar-refractivity contribution < 1.29 is 4.79 Å². The minimum atomic E-state index is -0.478. The van der Waals surface area contributed by atoms with Crippen molar-refractivity contribution in [1.29, 1.82) is 5.26 Å². The van der Waals surface area contributed by atoms with Gasteiger partial charge in [-0.25, -0.2) is 4.98 Å². The molecule has 1 aromatic rings. The van der Waals surface area contributed by atoms with E-state index in [4.69, 9.17) is 5.26 Å². The molecule has 1 aliphatic rings. The summed E-state index contributed by atoms with van der Waals surface area (Å²) in [5.41, 5.74) is 0.120. The molecule has 20 heavy (non-hydrogen) atoms. The molecule has 2 rings (SSSR count). The third-order valence-corrected chi connectivity index (χ3v) is 4.07. The number of nitrogens with zero attached hydrogens (tertiary/aromatic N) is 4. The molecule has 0 radical (unpaired) electrons. The number of aromatic nitrogens is 1. The molecule has 1 aromatic heterocycles. The van der Waals surface area contributed by atoms with E-state index in [0.29, 0.717) is 18.7 Å². The highest BCUT2D eigenvalue weighted by Gasteiger charge is 2.31. The number of nitriles is 1. The zero-order valence-corrected chi connectivity index (χ0v) is 13.2. The van der Waals surface area contributed by atoms with E-state index in [1.165, 1.54) is 0 Å². The number of hydrogen-bond donors (Lipinski definition) is 0. The molecular weight excluding hydrogens is 320 g/mol. The Labute approximate surface area is 127 Å². The smallest absolute Gasteiger partial charge is 0.255 e. The maximum Gasteiger partial charge on any atom is 0.255 e. The molecule has 2 heterocycles. The summed E-state index contributed by atoms with van der Waals surface area (Å²) in [5.74, 6) is -0.000543. The Morgan fingerprint density at radius 1 is 1.35 bits per heavy atom. The van der Waals surface area contributed by atoms with Crippen LogP contribution < -0.4 is 0 Å². The van der Waals surface area contributed by atoms with Crippen LogP contribution >= 0.6 is 15.9 Å². The van der Waals surface area contributed by atoms with Crippen molar-refractivity contribution in [1.82, 2.24) is 14.8 Å². The lowest BCUT2D eigenvalue weighted by Gasteiger charge is -2.40. The Hall–Kier alpha value is -1.45. The van der Waals surface area contributed by atoms with Gasteiger partial charge in [-0.1, -0.05) is 0 Å². The van der Waals surface area contributed by atoms with Gasteiger partial charge >= 0.3 is 0 Å². The number of carbonyl (C=O) groups is 1. The van der Waals surface area contributed by atoms with E-state index < -0.39 is 5.54 Å². The molecule has 106 valence electrons. The van der Waals surface area contributed by atoms with Crippen molar-refractivity contribution in [2.45, 2.75) is 19.4 Å². The molecule has 0 aromatic carbocycles. The molecule has 1 amide bonds. The van der Waals surface area contributed by atoms with Crippen molar-refractivity contribution >= 4 is 21.8 Å². The lowest BCUT2D eigenvalue weighted by molar-refractivity contribution is 0.0520. The number of amides is 1. The normalized spacial score (nSPS) is 16.8. The van der Waals surface area contributed by atoms with Gasteiger partial charge in [0.05, 0.1) is 11.6 Å². The van der Waals surface area contributed by atoms with Gasteiger partial charge in [-0.3, -0.25) is 9.69 Å². The van der Waals surface area contributed by atoms with E-state index in [1.54, 1.807) is 18.3 Å². The van der Waals surface area contributed by atoms with Gasteiger partial charge in [0.25, 0.3) is 5.91 Å². The van der Waals surface area contributed by atoms with E-state index in [0.717, 1.165) is 17.7 Å². The summed E-state index contributed by atoms with van der Waals surface area (Å²) in [7, 11) is 0. The van der Waals surface area contributed by atoms with Crippen LogP contribution in [0, 0.1) is 11.3 Å². The summed E-state index contributed by atoms with van der Waals surface area (Å²) < 4.78 is 0.717. The second-order valence-corrected chi connectivity index (χ2v) is 6.13. The van der Waals surface area contributed by atoms with Crippen LogP contribution in [0.5, 0.6) is 0 Å². The Balaban J connectivity index is 1.99. The quantitative estimate of drug-likeness (QED) is 0.774. The summed E-state index contributed by atoms with van der Waals surface area (Å²) >= 11 is 3.25. The van der Waals surface area contributed by atoms with Gasteiger partial charge in [0.15, 0.2) is 0 Å². The minimum absolute atomic E-state index is 0.000543. The van der Waals surface area contributed by atoms with Crippen molar-refractivity contribution in [3.8, 4) is 6.07 Å².